The van der Waals surface area contributed by atoms with Crippen LogP contribution in [0.4, 0.5) is 5.82 Å². The first-order chi connectivity index (χ1) is 13.2. The summed E-state index contributed by atoms with van der Waals surface area (Å²) in [4.78, 5) is 30.6. The Kier molecular flexibility index (Phi) is 5.20. The van der Waals surface area contributed by atoms with Gasteiger partial charge in [-0.05, 0) is 37.5 Å². The summed E-state index contributed by atoms with van der Waals surface area (Å²) < 4.78 is 0. The highest BCUT2D eigenvalue weighted by atomic mass is 35.5. The largest absolute Gasteiger partial charge is 0.369 e. The Labute approximate surface area is 162 Å². The standard InChI is InChI=1S/C19H21ClN6O/c20-13-5-6-14-15(10-13)24-17(23-14)4-3-7-22-18-12-21-11-16(25-18)19(27)26-8-1-2-9-26/h5-6,10-12H,1-4,7-9H2,(H,22,25)(H,23,24). The fourth-order valence-corrected chi connectivity index (χ4v) is 3.43. The summed E-state index contributed by atoms with van der Waals surface area (Å²) in [6.07, 6.45) is 6.98. The van der Waals surface area contributed by atoms with E-state index in [1.165, 1.54) is 6.20 Å². The van der Waals surface area contributed by atoms with E-state index in [1.807, 2.05) is 23.1 Å². The maximum absolute atomic E-state index is 12.4. The van der Waals surface area contributed by atoms with Crippen LogP contribution < -0.4 is 5.32 Å². The molecule has 1 amide bonds. The van der Waals surface area contributed by atoms with Gasteiger partial charge in [-0.15, -0.1) is 0 Å². The number of imidazole rings is 1. The molecule has 140 valence electrons. The molecule has 0 atom stereocenters. The van der Waals surface area contributed by atoms with Gasteiger partial charge in [0.1, 0.15) is 17.3 Å². The van der Waals surface area contributed by atoms with Crippen molar-refractivity contribution in [3.8, 4) is 0 Å². The van der Waals surface area contributed by atoms with Crippen molar-refractivity contribution < 1.29 is 4.79 Å². The third-order valence-corrected chi connectivity index (χ3v) is 4.87. The number of hydrogen-bond acceptors (Lipinski definition) is 5. The van der Waals surface area contributed by atoms with Crippen LogP contribution in [0.2, 0.25) is 5.02 Å². The Morgan fingerprint density at radius 2 is 2.07 bits per heavy atom. The molecular weight excluding hydrogens is 364 g/mol. The zero-order valence-electron chi connectivity index (χ0n) is 14.9. The fourth-order valence-electron chi connectivity index (χ4n) is 3.26. The van der Waals surface area contributed by atoms with Crippen LogP contribution in [0.3, 0.4) is 0 Å². The van der Waals surface area contributed by atoms with E-state index in [0.717, 1.165) is 55.6 Å². The van der Waals surface area contributed by atoms with Gasteiger partial charge in [0.25, 0.3) is 5.91 Å². The minimum Gasteiger partial charge on any atom is -0.369 e. The third kappa shape index (κ3) is 4.19. The summed E-state index contributed by atoms with van der Waals surface area (Å²) >= 11 is 6.00. The van der Waals surface area contributed by atoms with Crippen molar-refractivity contribution in [3.05, 3.63) is 47.1 Å². The lowest BCUT2D eigenvalue weighted by atomic mass is 10.3. The number of hydrogen-bond donors (Lipinski definition) is 2. The normalized spacial score (nSPS) is 14.0. The molecule has 0 saturated carbocycles. The summed E-state index contributed by atoms with van der Waals surface area (Å²) in [5.74, 6) is 1.51. The average Bonchev–Trinajstić information content (AvgIpc) is 3.34. The molecule has 2 aromatic heterocycles. The van der Waals surface area contributed by atoms with E-state index in [-0.39, 0.29) is 5.91 Å². The summed E-state index contributed by atoms with van der Waals surface area (Å²) in [5, 5.41) is 3.93. The second-order valence-electron chi connectivity index (χ2n) is 6.66. The van der Waals surface area contributed by atoms with Gasteiger partial charge in [-0.3, -0.25) is 9.78 Å². The Morgan fingerprint density at radius 3 is 2.93 bits per heavy atom. The Balaban J connectivity index is 1.30. The van der Waals surface area contributed by atoms with Crippen molar-refractivity contribution in [1.82, 2.24) is 24.8 Å². The smallest absolute Gasteiger partial charge is 0.274 e. The average molecular weight is 385 g/mol. The van der Waals surface area contributed by atoms with Gasteiger partial charge in [0.2, 0.25) is 0 Å². The van der Waals surface area contributed by atoms with Crippen LogP contribution in [0.1, 0.15) is 35.6 Å². The number of carbonyl (C=O) groups is 1. The van der Waals surface area contributed by atoms with Gasteiger partial charge < -0.3 is 15.2 Å². The van der Waals surface area contributed by atoms with Gasteiger partial charge >= 0.3 is 0 Å². The summed E-state index contributed by atoms with van der Waals surface area (Å²) in [6, 6.07) is 5.63. The lowest BCUT2D eigenvalue weighted by Crippen LogP contribution is -2.28. The fraction of sp³-hybridized carbons (Fsp3) is 0.368. The number of likely N-dealkylation sites (tertiary alicyclic amines) is 1. The number of rotatable bonds is 6. The maximum atomic E-state index is 12.4. The van der Waals surface area contributed by atoms with Gasteiger partial charge in [0, 0.05) is 31.1 Å². The third-order valence-electron chi connectivity index (χ3n) is 4.64. The number of carbonyl (C=O) groups excluding carboxylic acids is 1. The molecule has 7 nitrogen and oxygen atoms in total. The van der Waals surface area contributed by atoms with Crippen molar-refractivity contribution in [2.75, 3.05) is 25.0 Å². The molecule has 2 N–H and O–H groups in total. The van der Waals surface area contributed by atoms with E-state index < -0.39 is 0 Å². The van der Waals surface area contributed by atoms with Gasteiger partial charge in [-0.1, -0.05) is 11.6 Å². The van der Waals surface area contributed by atoms with Crippen molar-refractivity contribution in [2.45, 2.75) is 25.7 Å². The van der Waals surface area contributed by atoms with Crippen LogP contribution in [0.15, 0.2) is 30.6 Å². The molecule has 0 radical (unpaired) electrons. The number of benzene rings is 1. The predicted octanol–water partition coefficient (Wildman–Crippen LogP) is 3.29. The topological polar surface area (TPSA) is 86.8 Å². The predicted molar refractivity (Wildman–Crippen MR) is 105 cm³/mol. The van der Waals surface area contributed by atoms with Crippen LogP contribution in [0, 0.1) is 0 Å². The molecule has 1 aliphatic heterocycles. The number of aromatic nitrogens is 4. The molecule has 1 saturated heterocycles. The van der Waals surface area contributed by atoms with Crippen LogP contribution in [-0.4, -0.2) is 50.4 Å². The van der Waals surface area contributed by atoms with Crippen LogP contribution in [0.5, 0.6) is 0 Å². The number of aryl methyl sites for hydroxylation is 1. The lowest BCUT2D eigenvalue weighted by Gasteiger charge is -2.14. The van der Waals surface area contributed by atoms with Gasteiger partial charge in [0.05, 0.1) is 23.4 Å². The molecule has 8 heteroatoms. The highest BCUT2D eigenvalue weighted by Crippen LogP contribution is 2.18. The monoisotopic (exact) mass is 384 g/mol. The van der Waals surface area contributed by atoms with E-state index in [9.17, 15) is 4.79 Å². The first-order valence-electron chi connectivity index (χ1n) is 9.18. The molecule has 0 bridgehead atoms. The van der Waals surface area contributed by atoms with Crippen LogP contribution in [0.25, 0.3) is 11.0 Å². The molecule has 4 rings (SSSR count). The molecule has 0 unspecified atom stereocenters. The second-order valence-corrected chi connectivity index (χ2v) is 7.10. The highest BCUT2D eigenvalue weighted by molar-refractivity contribution is 6.31. The van der Waals surface area contributed by atoms with E-state index >= 15 is 0 Å². The Bertz CT molecular complexity index is 950. The molecule has 0 spiro atoms. The van der Waals surface area contributed by atoms with Gasteiger partial charge in [-0.2, -0.15) is 0 Å². The number of halogens is 1. The number of H-pyrrole nitrogens is 1. The number of nitrogens with zero attached hydrogens (tertiary/aromatic N) is 4. The Morgan fingerprint density at radius 1 is 1.22 bits per heavy atom. The molecule has 3 aromatic rings. The molecule has 3 heterocycles. The van der Waals surface area contributed by atoms with Crippen molar-refractivity contribution in [1.29, 1.82) is 0 Å². The SMILES string of the molecule is O=C(c1cncc(NCCCc2nc3ccc(Cl)cc3[nH]2)n1)N1CCCC1. The summed E-state index contributed by atoms with van der Waals surface area (Å²) in [7, 11) is 0. The molecular formula is C19H21ClN6O. The van der Waals surface area contributed by atoms with Crippen LogP contribution >= 0.6 is 11.6 Å². The van der Waals surface area contributed by atoms with E-state index in [2.05, 4.69) is 25.3 Å². The van der Waals surface area contributed by atoms with Crippen molar-refractivity contribution in [2.24, 2.45) is 0 Å². The molecule has 27 heavy (non-hydrogen) atoms. The van der Waals surface area contributed by atoms with Crippen molar-refractivity contribution >= 4 is 34.4 Å². The summed E-state index contributed by atoms with van der Waals surface area (Å²) in [6.45, 7) is 2.33. The number of nitrogens with one attached hydrogen (secondary N) is 2. The molecule has 1 aromatic carbocycles. The van der Waals surface area contributed by atoms with Crippen LogP contribution in [-0.2, 0) is 6.42 Å². The number of anilines is 1. The maximum Gasteiger partial charge on any atom is 0.274 e. The van der Waals surface area contributed by atoms with Gasteiger partial charge in [-0.25, -0.2) is 9.97 Å². The summed E-state index contributed by atoms with van der Waals surface area (Å²) in [5.41, 5.74) is 2.27. The zero-order chi connectivity index (χ0) is 18.6. The van der Waals surface area contributed by atoms with Gasteiger partial charge in [0.15, 0.2) is 0 Å². The quantitative estimate of drug-likeness (QED) is 0.637. The number of amides is 1. The molecule has 1 fully saturated rings. The minimum absolute atomic E-state index is 0.0374. The number of fused-ring (bicyclic) bond motifs is 1. The molecule has 0 aliphatic carbocycles. The Hall–Kier alpha value is -2.67. The number of aromatic amines is 1. The lowest BCUT2D eigenvalue weighted by molar-refractivity contribution is 0.0786. The highest BCUT2D eigenvalue weighted by Gasteiger charge is 2.21. The van der Waals surface area contributed by atoms with E-state index in [4.69, 9.17) is 11.6 Å². The first-order valence-corrected chi connectivity index (χ1v) is 9.56. The van der Waals surface area contributed by atoms with E-state index in [1.54, 1.807) is 6.20 Å². The van der Waals surface area contributed by atoms with Crippen molar-refractivity contribution in [3.63, 3.8) is 0 Å². The molecule has 1 aliphatic rings. The zero-order valence-corrected chi connectivity index (χ0v) is 15.7. The minimum atomic E-state index is -0.0374. The first kappa shape index (κ1) is 17.7. The van der Waals surface area contributed by atoms with E-state index in [0.29, 0.717) is 23.1 Å². The second kappa shape index (κ2) is 7.92.